The number of rotatable bonds is 5. The van der Waals surface area contributed by atoms with Gasteiger partial charge in [0.25, 0.3) is 5.91 Å². The van der Waals surface area contributed by atoms with Crippen LogP contribution in [0.4, 0.5) is 13.2 Å². The van der Waals surface area contributed by atoms with E-state index in [-0.39, 0.29) is 10.7 Å². The van der Waals surface area contributed by atoms with Gasteiger partial charge in [0.2, 0.25) is 0 Å². The van der Waals surface area contributed by atoms with Crippen LogP contribution < -0.4 is 11.1 Å². The third kappa shape index (κ3) is 4.44. The van der Waals surface area contributed by atoms with Gasteiger partial charge in [-0.25, -0.2) is 0 Å². The number of aromatic nitrogens is 1. The molecular weight excluding hydrogens is 291 g/mol. The number of halogens is 3. The summed E-state index contributed by atoms with van der Waals surface area (Å²) in [4.78, 5) is 15.5. The number of nitrogens with zero attached hydrogens (tertiary/aromatic N) is 1. The normalized spacial score (nSPS) is 12.8. The topological polar surface area (TPSA) is 68.0 Å². The Kier molecular flexibility index (Phi) is 5.43. The summed E-state index contributed by atoms with van der Waals surface area (Å²) in [5.74, 6) is -0.607. The lowest BCUT2D eigenvalue weighted by Gasteiger charge is -2.16. The van der Waals surface area contributed by atoms with Gasteiger partial charge < -0.3 is 11.1 Å². The molecule has 1 amide bonds. The molecule has 0 aliphatic heterocycles. The second-order valence-corrected chi connectivity index (χ2v) is 4.62. The predicted octanol–water partition coefficient (Wildman–Crippen LogP) is 2.29. The minimum atomic E-state index is -4.48. The van der Waals surface area contributed by atoms with Crippen LogP contribution in [0.25, 0.3) is 0 Å². The highest BCUT2D eigenvalue weighted by molar-refractivity contribution is 7.80. The maximum Gasteiger partial charge on any atom is 0.417 e. The molecule has 4 nitrogen and oxygen atoms in total. The molecular formula is C12H14F3N3OS. The van der Waals surface area contributed by atoms with Crippen LogP contribution in [0.2, 0.25) is 0 Å². The fourth-order valence-electron chi connectivity index (χ4n) is 1.50. The van der Waals surface area contributed by atoms with Gasteiger partial charge in [0.15, 0.2) is 0 Å². The highest BCUT2D eigenvalue weighted by Crippen LogP contribution is 2.28. The first-order valence-corrected chi connectivity index (χ1v) is 6.30. The quantitative estimate of drug-likeness (QED) is 0.819. The molecule has 1 unspecified atom stereocenters. The standard InChI is InChI=1S/C12H14F3N3OS/c1-2-3-8(10(16)20)18-11(19)9-5-4-7(6-17-9)12(13,14)15/h4-6,8H,2-3H2,1H3,(H2,16,20)(H,18,19). The third-order valence-electron chi connectivity index (χ3n) is 2.55. The molecule has 0 saturated heterocycles. The van der Waals surface area contributed by atoms with Crippen molar-refractivity contribution >= 4 is 23.1 Å². The lowest BCUT2D eigenvalue weighted by Crippen LogP contribution is -2.43. The Morgan fingerprint density at radius 3 is 2.55 bits per heavy atom. The van der Waals surface area contributed by atoms with Crippen molar-refractivity contribution in [3.05, 3.63) is 29.6 Å². The Hall–Kier alpha value is -1.70. The second-order valence-electron chi connectivity index (χ2n) is 4.15. The van der Waals surface area contributed by atoms with E-state index in [9.17, 15) is 18.0 Å². The Morgan fingerprint density at radius 1 is 1.50 bits per heavy atom. The molecule has 0 aliphatic rings. The summed E-state index contributed by atoms with van der Waals surface area (Å²) in [6.07, 6.45) is -2.56. The number of alkyl halides is 3. The summed E-state index contributed by atoms with van der Waals surface area (Å²) >= 11 is 4.81. The molecule has 1 heterocycles. The van der Waals surface area contributed by atoms with E-state index in [4.69, 9.17) is 18.0 Å². The first-order chi connectivity index (χ1) is 9.25. The van der Waals surface area contributed by atoms with Crippen molar-refractivity contribution in [2.24, 2.45) is 5.73 Å². The molecule has 0 bridgehead atoms. The highest BCUT2D eigenvalue weighted by Gasteiger charge is 2.31. The molecule has 0 aliphatic carbocycles. The smallest absolute Gasteiger partial charge is 0.392 e. The van der Waals surface area contributed by atoms with Crippen LogP contribution in [0, 0.1) is 0 Å². The maximum absolute atomic E-state index is 12.4. The summed E-state index contributed by atoms with van der Waals surface area (Å²) in [6.45, 7) is 1.90. The molecule has 110 valence electrons. The van der Waals surface area contributed by atoms with Gasteiger partial charge in [-0.05, 0) is 18.6 Å². The number of nitrogens with one attached hydrogen (secondary N) is 1. The van der Waals surface area contributed by atoms with E-state index in [0.29, 0.717) is 12.6 Å². The van der Waals surface area contributed by atoms with Gasteiger partial charge in [-0.2, -0.15) is 13.2 Å². The zero-order chi connectivity index (χ0) is 15.3. The average Bonchev–Trinajstić information content (AvgIpc) is 2.37. The van der Waals surface area contributed by atoms with Gasteiger partial charge in [0.1, 0.15) is 5.69 Å². The minimum absolute atomic E-state index is 0.115. The summed E-state index contributed by atoms with van der Waals surface area (Å²) in [5.41, 5.74) is 4.45. The number of hydrogen-bond donors (Lipinski definition) is 2. The highest BCUT2D eigenvalue weighted by atomic mass is 32.1. The van der Waals surface area contributed by atoms with Crippen molar-refractivity contribution in [2.75, 3.05) is 0 Å². The van der Waals surface area contributed by atoms with Crippen LogP contribution in [-0.4, -0.2) is 21.9 Å². The van der Waals surface area contributed by atoms with Gasteiger partial charge in [-0.1, -0.05) is 25.6 Å². The lowest BCUT2D eigenvalue weighted by molar-refractivity contribution is -0.137. The molecule has 0 fully saturated rings. The zero-order valence-electron chi connectivity index (χ0n) is 10.7. The number of hydrogen-bond acceptors (Lipinski definition) is 3. The molecule has 20 heavy (non-hydrogen) atoms. The molecule has 0 spiro atoms. The van der Waals surface area contributed by atoms with Crippen molar-refractivity contribution in [3.63, 3.8) is 0 Å². The Morgan fingerprint density at radius 2 is 2.15 bits per heavy atom. The van der Waals surface area contributed by atoms with E-state index in [1.165, 1.54) is 0 Å². The zero-order valence-corrected chi connectivity index (χ0v) is 11.5. The number of carbonyl (C=O) groups is 1. The average molecular weight is 305 g/mol. The van der Waals surface area contributed by atoms with E-state index in [1.807, 2.05) is 6.92 Å². The van der Waals surface area contributed by atoms with Crippen LogP contribution in [0.15, 0.2) is 18.3 Å². The largest absolute Gasteiger partial charge is 0.417 e. The molecule has 1 aromatic rings. The fraction of sp³-hybridized carbons (Fsp3) is 0.417. The van der Waals surface area contributed by atoms with Gasteiger partial charge in [-0.3, -0.25) is 9.78 Å². The van der Waals surface area contributed by atoms with E-state index >= 15 is 0 Å². The van der Waals surface area contributed by atoms with Crippen LogP contribution >= 0.6 is 12.2 Å². The summed E-state index contributed by atoms with van der Waals surface area (Å²) in [6, 6.07) is 1.32. The predicted molar refractivity (Wildman–Crippen MR) is 72.2 cm³/mol. The van der Waals surface area contributed by atoms with E-state index < -0.39 is 23.7 Å². The molecule has 3 N–H and O–H groups in total. The van der Waals surface area contributed by atoms with Crippen molar-refractivity contribution in [3.8, 4) is 0 Å². The SMILES string of the molecule is CCCC(NC(=O)c1ccc(C(F)(F)F)cn1)C(N)=S. The van der Waals surface area contributed by atoms with E-state index in [2.05, 4.69) is 10.3 Å². The number of nitrogens with two attached hydrogens (primary N) is 1. The van der Waals surface area contributed by atoms with Gasteiger partial charge in [-0.15, -0.1) is 0 Å². The van der Waals surface area contributed by atoms with Crippen molar-refractivity contribution in [2.45, 2.75) is 32.0 Å². The summed E-state index contributed by atoms with van der Waals surface area (Å²) in [5, 5.41) is 2.54. The maximum atomic E-state index is 12.4. The van der Waals surface area contributed by atoms with Crippen LogP contribution in [0.1, 0.15) is 35.8 Å². The number of carbonyl (C=O) groups excluding carboxylic acids is 1. The van der Waals surface area contributed by atoms with Crippen molar-refractivity contribution in [1.82, 2.24) is 10.3 Å². The Bertz CT molecular complexity index is 488. The van der Waals surface area contributed by atoms with Crippen LogP contribution in [-0.2, 0) is 6.18 Å². The molecule has 8 heteroatoms. The summed E-state index contributed by atoms with van der Waals surface area (Å²) < 4.78 is 37.1. The molecule has 1 aromatic heterocycles. The van der Waals surface area contributed by atoms with E-state index in [1.54, 1.807) is 0 Å². The molecule has 0 radical (unpaired) electrons. The first kappa shape index (κ1) is 16.4. The fourth-order valence-corrected chi connectivity index (χ4v) is 1.68. The lowest BCUT2D eigenvalue weighted by atomic mass is 10.1. The van der Waals surface area contributed by atoms with Crippen molar-refractivity contribution in [1.29, 1.82) is 0 Å². The van der Waals surface area contributed by atoms with Gasteiger partial charge in [0, 0.05) is 6.20 Å². The molecule has 0 aromatic carbocycles. The monoisotopic (exact) mass is 305 g/mol. The molecule has 1 rings (SSSR count). The summed E-state index contributed by atoms with van der Waals surface area (Å²) in [7, 11) is 0. The van der Waals surface area contributed by atoms with E-state index in [0.717, 1.165) is 18.6 Å². The second kappa shape index (κ2) is 6.65. The van der Waals surface area contributed by atoms with Gasteiger partial charge >= 0.3 is 6.18 Å². The number of amides is 1. The van der Waals surface area contributed by atoms with Crippen LogP contribution in [0.3, 0.4) is 0 Å². The third-order valence-corrected chi connectivity index (χ3v) is 2.83. The van der Waals surface area contributed by atoms with Crippen LogP contribution in [0.5, 0.6) is 0 Å². The van der Waals surface area contributed by atoms with Gasteiger partial charge in [0.05, 0.1) is 16.6 Å². The molecule has 1 atom stereocenters. The number of thiocarbonyl (C=S) groups is 1. The minimum Gasteiger partial charge on any atom is -0.392 e. The Labute approximate surface area is 119 Å². The molecule has 0 saturated carbocycles. The van der Waals surface area contributed by atoms with Crippen molar-refractivity contribution < 1.29 is 18.0 Å². The number of pyridine rings is 1. The first-order valence-electron chi connectivity index (χ1n) is 5.89. The Balaban J connectivity index is 2.80.